The van der Waals surface area contributed by atoms with Crippen molar-refractivity contribution < 1.29 is 18.0 Å². The molecular formula is C24H19ClF3N9O. The van der Waals surface area contributed by atoms with E-state index in [0.29, 0.717) is 17.2 Å². The van der Waals surface area contributed by atoms with Crippen LogP contribution in [0.2, 0.25) is 5.02 Å². The van der Waals surface area contributed by atoms with Gasteiger partial charge in [-0.15, -0.1) is 5.10 Å². The van der Waals surface area contributed by atoms with Gasteiger partial charge in [0.1, 0.15) is 5.82 Å². The molecule has 5 aromatic rings. The molecule has 0 fully saturated rings. The van der Waals surface area contributed by atoms with Crippen LogP contribution in [0.4, 0.5) is 19.0 Å². The summed E-state index contributed by atoms with van der Waals surface area (Å²) in [6.07, 6.45) is -2.92. The molecule has 3 heterocycles. The minimum Gasteiger partial charge on any atom is -0.306 e. The molecule has 0 spiro atoms. The van der Waals surface area contributed by atoms with Gasteiger partial charge in [-0.25, -0.2) is 9.36 Å². The number of benzene rings is 2. The highest BCUT2D eigenvalue weighted by molar-refractivity contribution is 6.34. The van der Waals surface area contributed by atoms with Gasteiger partial charge in [-0.2, -0.15) is 23.4 Å². The summed E-state index contributed by atoms with van der Waals surface area (Å²) in [6, 6.07) is 13.9. The maximum Gasteiger partial charge on any atom is 0.417 e. The van der Waals surface area contributed by atoms with Crippen LogP contribution >= 0.6 is 11.6 Å². The predicted molar refractivity (Wildman–Crippen MR) is 132 cm³/mol. The number of hydrogen-bond acceptors (Lipinski definition) is 6. The first-order valence-electron chi connectivity index (χ1n) is 11.2. The summed E-state index contributed by atoms with van der Waals surface area (Å²) in [4.78, 5) is 13.4. The van der Waals surface area contributed by atoms with Gasteiger partial charge in [0.25, 0.3) is 5.91 Å². The first-order valence-corrected chi connectivity index (χ1v) is 11.6. The summed E-state index contributed by atoms with van der Waals surface area (Å²) in [7, 11) is 3.28. The molecule has 0 saturated heterocycles. The van der Waals surface area contributed by atoms with Crippen molar-refractivity contribution in [3.05, 3.63) is 88.5 Å². The number of nitrogens with zero attached hydrogens (tertiary/aromatic N) is 8. The van der Waals surface area contributed by atoms with E-state index in [-0.39, 0.29) is 34.1 Å². The lowest BCUT2D eigenvalue weighted by Crippen LogP contribution is -2.17. The van der Waals surface area contributed by atoms with Gasteiger partial charge in [0.05, 0.1) is 39.6 Å². The van der Waals surface area contributed by atoms with Crippen molar-refractivity contribution >= 4 is 23.3 Å². The molecule has 1 amide bonds. The molecule has 14 heteroatoms. The van der Waals surface area contributed by atoms with Gasteiger partial charge < -0.3 is 5.32 Å². The van der Waals surface area contributed by atoms with Crippen LogP contribution in [0.15, 0.2) is 60.8 Å². The van der Waals surface area contributed by atoms with E-state index in [0.717, 1.165) is 12.1 Å². The largest absolute Gasteiger partial charge is 0.417 e. The Morgan fingerprint density at radius 2 is 1.82 bits per heavy atom. The number of halogens is 4. The van der Waals surface area contributed by atoms with Gasteiger partial charge in [0.2, 0.25) is 0 Å². The number of amides is 1. The van der Waals surface area contributed by atoms with E-state index in [4.69, 9.17) is 11.6 Å². The summed E-state index contributed by atoms with van der Waals surface area (Å²) < 4.78 is 45.8. The third-order valence-corrected chi connectivity index (χ3v) is 6.01. The number of anilines is 1. The fraction of sp³-hybridized carbons (Fsp3) is 0.167. The standard InChI is InChI=1S/C24H19ClF3N9O/c1-35-9-8-20(32-35)16-12-17(19(25)13-18(16)24(26,27)28)23(38)29-21-10-14(11-22-30-33-34-36(22)2)31-37(21)15-6-4-3-5-7-15/h3-10,12-13H,11H2,1-2H3,(H,29,38). The van der Waals surface area contributed by atoms with Gasteiger partial charge in [0, 0.05) is 31.9 Å². The second-order valence-electron chi connectivity index (χ2n) is 8.37. The average Bonchev–Trinajstić information content (AvgIpc) is 3.59. The molecule has 194 valence electrons. The van der Waals surface area contributed by atoms with Crippen molar-refractivity contribution in [2.24, 2.45) is 14.1 Å². The highest BCUT2D eigenvalue weighted by atomic mass is 35.5. The maximum absolute atomic E-state index is 13.8. The van der Waals surface area contributed by atoms with Crippen LogP contribution in [0.5, 0.6) is 0 Å². The Morgan fingerprint density at radius 3 is 2.45 bits per heavy atom. The Balaban J connectivity index is 1.54. The molecule has 0 atom stereocenters. The van der Waals surface area contributed by atoms with E-state index in [1.54, 1.807) is 44.4 Å². The van der Waals surface area contributed by atoms with Crippen LogP contribution in [0, 0.1) is 0 Å². The number of carbonyl (C=O) groups is 1. The number of para-hydroxylation sites is 1. The Hall–Kier alpha value is -4.52. The monoisotopic (exact) mass is 541 g/mol. The van der Waals surface area contributed by atoms with E-state index in [2.05, 4.69) is 31.0 Å². The molecule has 0 aliphatic heterocycles. The topological polar surface area (TPSA) is 108 Å². The number of nitrogens with one attached hydrogen (secondary N) is 1. The number of rotatable bonds is 6. The fourth-order valence-corrected chi connectivity index (χ4v) is 4.12. The van der Waals surface area contributed by atoms with Crippen LogP contribution in [0.3, 0.4) is 0 Å². The predicted octanol–water partition coefficient (Wildman–Crippen LogP) is 4.31. The second kappa shape index (κ2) is 9.74. The van der Waals surface area contributed by atoms with E-state index < -0.39 is 17.6 Å². The van der Waals surface area contributed by atoms with Gasteiger partial charge >= 0.3 is 6.18 Å². The van der Waals surface area contributed by atoms with Crippen LogP contribution in [0.25, 0.3) is 16.9 Å². The minimum absolute atomic E-state index is 0.0550. The molecule has 0 radical (unpaired) electrons. The number of alkyl halides is 3. The van der Waals surface area contributed by atoms with Crippen LogP contribution in [0.1, 0.15) is 27.4 Å². The Labute approximate surface area is 218 Å². The molecule has 38 heavy (non-hydrogen) atoms. The Bertz CT molecular complexity index is 1620. The summed E-state index contributed by atoms with van der Waals surface area (Å²) in [5, 5.41) is 22.4. The van der Waals surface area contributed by atoms with Gasteiger partial charge in [-0.05, 0) is 40.8 Å². The number of aromatic nitrogens is 8. The van der Waals surface area contributed by atoms with E-state index in [9.17, 15) is 18.0 Å². The second-order valence-corrected chi connectivity index (χ2v) is 8.78. The third-order valence-electron chi connectivity index (χ3n) is 5.70. The van der Waals surface area contributed by atoms with Gasteiger partial charge in [-0.1, -0.05) is 29.8 Å². The molecule has 3 aromatic heterocycles. The van der Waals surface area contributed by atoms with E-state index >= 15 is 0 Å². The smallest absolute Gasteiger partial charge is 0.306 e. The van der Waals surface area contributed by atoms with Crippen LogP contribution < -0.4 is 5.32 Å². The zero-order valence-corrected chi connectivity index (χ0v) is 20.7. The first kappa shape index (κ1) is 25.1. The number of carbonyl (C=O) groups excluding carboxylic acids is 1. The molecule has 0 aliphatic carbocycles. The lowest BCUT2D eigenvalue weighted by atomic mass is 10.00. The van der Waals surface area contributed by atoms with Gasteiger partial charge in [-0.3, -0.25) is 9.48 Å². The molecule has 0 aliphatic rings. The normalized spacial score (nSPS) is 11.6. The first-order chi connectivity index (χ1) is 18.1. The van der Waals surface area contributed by atoms with Crippen molar-refractivity contribution in [1.82, 2.24) is 39.8 Å². The van der Waals surface area contributed by atoms with E-state index in [1.807, 2.05) is 6.07 Å². The molecule has 1 N–H and O–H groups in total. The van der Waals surface area contributed by atoms with Crippen molar-refractivity contribution in [1.29, 1.82) is 0 Å². The lowest BCUT2D eigenvalue weighted by Gasteiger charge is -2.15. The molecule has 10 nitrogen and oxygen atoms in total. The summed E-state index contributed by atoms with van der Waals surface area (Å²) in [5.74, 6) is 0.109. The van der Waals surface area contributed by atoms with Crippen molar-refractivity contribution in [2.45, 2.75) is 12.6 Å². The summed E-state index contributed by atoms with van der Waals surface area (Å²) in [5.41, 5.74) is -0.154. The minimum atomic E-state index is -4.71. The van der Waals surface area contributed by atoms with Crippen molar-refractivity contribution in [3.63, 3.8) is 0 Å². The quantitative estimate of drug-likeness (QED) is 0.343. The van der Waals surface area contributed by atoms with Gasteiger partial charge in [0.15, 0.2) is 5.82 Å². The fourth-order valence-electron chi connectivity index (χ4n) is 3.87. The number of hydrogen-bond donors (Lipinski definition) is 1. The molecular weight excluding hydrogens is 523 g/mol. The van der Waals surface area contributed by atoms with Crippen molar-refractivity contribution in [2.75, 3.05) is 5.32 Å². The van der Waals surface area contributed by atoms with E-state index in [1.165, 1.54) is 26.3 Å². The molecule has 0 saturated carbocycles. The number of aryl methyl sites for hydroxylation is 2. The zero-order valence-electron chi connectivity index (χ0n) is 20.0. The SMILES string of the molecule is Cn1ccc(-c2cc(C(=O)Nc3cc(Cc4nnnn4C)nn3-c3ccccc3)c(Cl)cc2C(F)(F)F)n1. The highest BCUT2D eigenvalue weighted by Crippen LogP contribution is 2.39. The molecule has 2 aromatic carbocycles. The van der Waals surface area contributed by atoms with Crippen LogP contribution in [-0.4, -0.2) is 45.7 Å². The average molecular weight is 542 g/mol. The molecule has 0 unspecified atom stereocenters. The number of tetrazole rings is 1. The summed E-state index contributed by atoms with van der Waals surface area (Å²) in [6.45, 7) is 0. The maximum atomic E-state index is 13.8. The molecule has 5 rings (SSSR count). The highest BCUT2D eigenvalue weighted by Gasteiger charge is 2.36. The Kier molecular flexibility index (Phi) is 6.45. The third kappa shape index (κ3) is 5.00. The summed E-state index contributed by atoms with van der Waals surface area (Å²) >= 11 is 6.20. The lowest BCUT2D eigenvalue weighted by molar-refractivity contribution is -0.137. The Morgan fingerprint density at radius 1 is 1.05 bits per heavy atom. The zero-order chi connectivity index (χ0) is 27.0. The van der Waals surface area contributed by atoms with Crippen molar-refractivity contribution in [3.8, 4) is 16.9 Å². The molecule has 0 bridgehead atoms. The van der Waals surface area contributed by atoms with Crippen LogP contribution in [-0.2, 0) is 26.7 Å².